The number of rotatable bonds is 4. The number of carbonyl (C=O) groups is 2. The highest BCUT2D eigenvalue weighted by atomic mass is 32.2. The van der Waals surface area contributed by atoms with Gasteiger partial charge in [0, 0.05) is 19.8 Å². The molecule has 1 aromatic rings. The SMILES string of the molecule is Cc1[nH]c(=O)nc(SC(C)C(=O)N(C)C)c1C(=O)O. The highest BCUT2D eigenvalue weighted by Crippen LogP contribution is 2.25. The van der Waals surface area contributed by atoms with Gasteiger partial charge in [0.05, 0.1) is 5.25 Å². The van der Waals surface area contributed by atoms with Gasteiger partial charge in [-0.05, 0) is 13.8 Å². The van der Waals surface area contributed by atoms with Crippen LogP contribution in [-0.2, 0) is 4.79 Å². The van der Waals surface area contributed by atoms with Gasteiger partial charge in [-0.25, -0.2) is 9.59 Å². The summed E-state index contributed by atoms with van der Waals surface area (Å²) in [5.74, 6) is -1.37. The Labute approximate surface area is 114 Å². The monoisotopic (exact) mass is 285 g/mol. The predicted molar refractivity (Wildman–Crippen MR) is 70.6 cm³/mol. The summed E-state index contributed by atoms with van der Waals surface area (Å²) in [6.07, 6.45) is 0. The van der Waals surface area contributed by atoms with Crippen molar-refractivity contribution in [3.63, 3.8) is 0 Å². The van der Waals surface area contributed by atoms with Crippen molar-refractivity contribution in [2.24, 2.45) is 0 Å². The van der Waals surface area contributed by atoms with E-state index in [-0.39, 0.29) is 22.2 Å². The van der Waals surface area contributed by atoms with Gasteiger partial charge in [0.15, 0.2) is 0 Å². The Morgan fingerprint density at radius 2 is 2.00 bits per heavy atom. The van der Waals surface area contributed by atoms with E-state index in [9.17, 15) is 14.4 Å². The van der Waals surface area contributed by atoms with Crippen LogP contribution in [0.3, 0.4) is 0 Å². The summed E-state index contributed by atoms with van der Waals surface area (Å²) in [5, 5.41) is 8.65. The standard InChI is InChI=1S/C11H15N3O4S/c1-5-7(10(16)17)8(13-11(18)12-5)19-6(2)9(15)14(3)4/h6H,1-4H3,(H,16,17)(H,12,13,18). The van der Waals surface area contributed by atoms with E-state index in [1.165, 1.54) is 11.8 Å². The summed E-state index contributed by atoms with van der Waals surface area (Å²) >= 11 is 0.960. The lowest BCUT2D eigenvalue weighted by atomic mass is 10.2. The summed E-state index contributed by atoms with van der Waals surface area (Å²) in [7, 11) is 3.21. The molecular weight excluding hydrogens is 270 g/mol. The van der Waals surface area contributed by atoms with Gasteiger partial charge in [-0.2, -0.15) is 4.98 Å². The van der Waals surface area contributed by atoms with Crippen molar-refractivity contribution < 1.29 is 14.7 Å². The van der Waals surface area contributed by atoms with Crippen molar-refractivity contribution in [1.82, 2.24) is 14.9 Å². The first kappa shape index (κ1) is 15.2. The molecular formula is C11H15N3O4S. The lowest BCUT2D eigenvalue weighted by Crippen LogP contribution is -2.30. The number of nitrogens with one attached hydrogen (secondary N) is 1. The molecule has 8 heteroatoms. The minimum absolute atomic E-state index is 0.0523. The Hall–Kier alpha value is -1.83. The van der Waals surface area contributed by atoms with Crippen LogP contribution in [0, 0.1) is 6.92 Å². The highest BCUT2D eigenvalue weighted by Gasteiger charge is 2.23. The number of carboxylic acid groups (broad SMARTS) is 1. The quantitative estimate of drug-likeness (QED) is 0.611. The van der Waals surface area contributed by atoms with E-state index in [0.717, 1.165) is 11.8 Å². The molecule has 19 heavy (non-hydrogen) atoms. The van der Waals surface area contributed by atoms with E-state index in [1.54, 1.807) is 21.0 Å². The molecule has 2 N–H and O–H groups in total. The van der Waals surface area contributed by atoms with Crippen LogP contribution in [0.5, 0.6) is 0 Å². The minimum Gasteiger partial charge on any atom is -0.478 e. The van der Waals surface area contributed by atoms with Crippen LogP contribution in [0.1, 0.15) is 23.0 Å². The molecule has 0 fully saturated rings. The van der Waals surface area contributed by atoms with Gasteiger partial charge in [-0.15, -0.1) is 0 Å². The predicted octanol–water partition coefficient (Wildman–Crippen LogP) is 0.345. The second-order valence-corrected chi connectivity index (χ2v) is 5.47. The first-order chi connectivity index (χ1) is 8.73. The van der Waals surface area contributed by atoms with Gasteiger partial charge in [0.2, 0.25) is 5.91 Å². The second-order valence-electron chi connectivity index (χ2n) is 4.15. The average Bonchev–Trinajstić information content (AvgIpc) is 2.25. The number of aromatic amines is 1. The number of hydrogen-bond donors (Lipinski definition) is 2. The Balaban J connectivity index is 3.17. The molecule has 0 saturated carbocycles. The number of carboxylic acids is 1. The summed E-state index contributed by atoms with van der Waals surface area (Å²) in [6.45, 7) is 3.12. The highest BCUT2D eigenvalue weighted by molar-refractivity contribution is 8.00. The molecule has 0 aliphatic heterocycles. The molecule has 1 aromatic heterocycles. The van der Waals surface area contributed by atoms with Gasteiger partial charge in [-0.1, -0.05) is 11.8 Å². The molecule has 0 spiro atoms. The molecule has 1 unspecified atom stereocenters. The molecule has 1 amide bonds. The van der Waals surface area contributed by atoms with Crippen LogP contribution in [0.15, 0.2) is 9.82 Å². The smallest absolute Gasteiger partial charge is 0.346 e. The van der Waals surface area contributed by atoms with E-state index in [1.807, 2.05) is 0 Å². The number of nitrogens with zero attached hydrogens (tertiary/aromatic N) is 2. The van der Waals surface area contributed by atoms with Crippen molar-refractivity contribution in [1.29, 1.82) is 0 Å². The van der Waals surface area contributed by atoms with Crippen molar-refractivity contribution in [3.8, 4) is 0 Å². The number of thioether (sulfide) groups is 1. The summed E-state index contributed by atoms with van der Waals surface area (Å²) in [4.78, 5) is 41.6. The number of amides is 1. The first-order valence-corrected chi connectivity index (χ1v) is 6.34. The van der Waals surface area contributed by atoms with Crippen LogP contribution >= 0.6 is 11.8 Å². The largest absolute Gasteiger partial charge is 0.478 e. The molecule has 0 bridgehead atoms. The molecule has 0 aliphatic carbocycles. The zero-order chi connectivity index (χ0) is 14.7. The number of aromatic carboxylic acids is 1. The van der Waals surface area contributed by atoms with Gasteiger partial charge in [0.25, 0.3) is 0 Å². The summed E-state index contributed by atoms with van der Waals surface area (Å²) in [6, 6.07) is 0. The van der Waals surface area contributed by atoms with Crippen molar-refractivity contribution in [2.45, 2.75) is 24.1 Å². The zero-order valence-corrected chi connectivity index (χ0v) is 11.9. The average molecular weight is 285 g/mol. The third kappa shape index (κ3) is 3.57. The van der Waals surface area contributed by atoms with Crippen LogP contribution in [0.2, 0.25) is 0 Å². The Bertz CT molecular complexity index is 568. The maximum atomic E-state index is 11.7. The Kier molecular flexibility index (Phi) is 4.71. The van der Waals surface area contributed by atoms with Crippen LogP contribution in [0.4, 0.5) is 0 Å². The lowest BCUT2D eigenvalue weighted by molar-refractivity contribution is -0.127. The number of H-pyrrole nitrogens is 1. The maximum absolute atomic E-state index is 11.7. The minimum atomic E-state index is -1.19. The fourth-order valence-corrected chi connectivity index (χ4v) is 2.62. The third-order valence-electron chi connectivity index (χ3n) is 2.38. The first-order valence-electron chi connectivity index (χ1n) is 5.46. The van der Waals surface area contributed by atoms with E-state index < -0.39 is 16.9 Å². The zero-order valence-electron chi connectivity index (χ0n) is 11.1. The molecule has 0 aromatic carbocycles. The van der Waals surface area contributed by atoms with Crippen LogP contribution in [-0.4, -0.2) is 51.2 Å². The van der Waals surface area contributed by atoms with Gasteiger partial charge < -0.3 is 15.0 Å². The number of carbonyl (C=O) groups excluding carboxylic acids is 1. The molecule has 0 radical (unpaired) electrons. The van der Waals surface area contributed by atoms with Gasteiger partial charge >= 0.3 is 11.7 Å². The lowest BCUT2D eigenvalue weighted by Gasteiger charge is -2.16. The molecule has 104 valence electrons. The topological polar surface area (TPSA) is 103 Å². The Morgan fingerprint density at radius 1 is 1.42 bits per heavy atom. The Morgan fingerprint density at radius 3 is 2.47 bits per heavy atom. The molecule has 7 nitrogen and oxygen atoms in total. The van der Waals surface area contributed by atoms with Crippen LogP contribution in [0.25, 0.3) is 0 Å². The van der Waals surface area contributed by atoms with Crippen molar-refractivity contribution in [3.05, 3.63) is 21.7 Å². The molecule has 1 heterocycles. The van der Waals surface area contributed by atoms with E-state index in [2.05, 4.69) is 9.97 Å². The summed E-state index contributed by atoms with van der Waals surface area (Å²) in [5.41, 5.74) is -0.489. The molecule has 0 saturated heterocycles. The van der Waals surface area contributed by atoms with E-state index in [4.69, 9.17) is 5.11 Å². The molecule has 1 atom stereocenters. The van der Waals surface area contributed by atoms with Gasteiger partial charge in [-0.3, -0.25) is 4.79 Å². The fourth-order valence-electron chi connectivity index (χ4n) is 1.48. The molecule has 1 rings (SSSR count). The number of aromatic nitrogens is 2. The summed E-state index contributed by atoms with van der Waals surface area (Å²) < 4.78 is 0. The van der Waals surface area contributed by atoms with E-state index >= 15 is 0 Å². The van der Waals surface area contributed by atoms with Crippen molar-refractivity contribution in [2.75, 3.05) is 14.1 Å². The van der Waals surface area contributed by atoms with Crippen LogP contribution < -0.4 is 5.69 Å². The third-order valence-corrected chi connectivity index (χ3v) is 3.45. The van der Waals surface area contributed by atoms with Gasteiger partial charge in [0.1, 0.15) is 10.6 Å². The number of hydrogen-bond acceptors (Lipinski definition) is 5. The molecule has 0 aliphatic rings. The normalized spacial score (nSPS) is 12.0. The maximum Gasteiger partial charge on any atom is 0.346 e. The second kappa shape index (κ2) is 5.87. The fraction of sp³-hybridized carbons (Fsp3) is 0.455. The number of aryl methyl sites for hydroxylation is 1. The van der Waals surface area contributed by atoms with E-state index in [0.29, 0.717) is 0 Å². The van der Waals surface area contributed by atoms with Crippen molar-refractivity contribution >= 4 is 23.6 Å².